The van der Waals surface area contributed by atoms with Crippen LogP contribution in [0.5, 0.6) is 0 Å². The number of carbonyl (C=O) groups excluding carboxylic acids is 1. The van der Waals surface area contributed by atoms with Gasteiger partial charge in [-0.25, -0.2) is 0 Å². The van der Waals surface area contributed by atoms with Gasteiger partial charge in [0.05, 0.1) is 5.75 Å². The van der Waals surface area contributed by atoms with Crippen LogP contribution in [0.2, 0.25) is 0 Å². The van der Waals surface area contributed by atoms with Crippen LogP contribution in [0.25, 0.3) is 0 Å². The third-order valence-corrected chi connectivity index (χ3v) is 4.65. The Morgan fingerprint density at radius 2 is 2.25 bits per heavy atom. The van der Waals surface area contributed by atoms with Crippen LogP contribution in [0.4, 0.5) is 5.13 Å². The fourth-order valence-electron chi connectivity index (χ4n) is 1.75. The highest BCUT2D eigenvalue weighted by atomic mass is 32.2. The van der Waals surface area contributed by atoms with Crippen molar-refractivity contribution in [1.29, 1.82) is 0 Å². The standard InChI is InChI=1S/C10H15N3OS2/c1-7-12-13-10(16-7)11-9(14)6-15-8-4-2-3-5-8/h8H,2-6H2,1H3,(H,11,13,14). The summed E-state index contributed by atoms with van der Waals surface area (Å²) in [6.45, 7) is 1.88. The van der Waals surface area contributed by atoms with Crippen molar-refractivity contribution in [1.82, 2.24) is 10.2 Å². The SMILES string of the molecule is Cc1nnc(NC(=O)CSC2CCCC2)s1. The molecule has 1 heterocycles. The Balaban J connectivity index is 1.71. The summed E-state index contributed by atoms with van der Waals surface area (Å²) in [5.74, 6) is 0.566. The molecular weight excluding hydrogens is 242 g/mol. The van der Waals surface area contributed by atoms with E-state index in [1.54, 1.807) is 11.8 Å². The first-order valence-electron chi connectivity index (χ1n) is 5.45. The number of anilines is 1. The molecular formula is C10H15N3OS2. The van der Waals surface area contributed by atoms with E-state index < -0.39 is 0 Å². The molecule has 2 rings (SSSR count). The van der Waals surface area contributed by atoms with Crippen LogP contribution in [0.15, 0.2) is 0 Å². The highest BCUT2D eigenvalue weighted by Gasteiger charge is 2.17. The highest BCUT2D eigenvalue weighted by molar-refractivity contribution is 8.00. The molecule has 0 radical (unpaired) electrons. The Morgan fingerprint density at radius 3 is 2.88 bits per heavy atom. The molecule has 0 aromatic carbocycles. The van der Waals surface area contributed by atoms with Crippen LogP contribution in [0, 0.1) is 6.92 Å². The Bertz CT molecular complexity index is 361. The minimum Gasteiger partial charge on any atom is -0.300 e. The molecule has 0 saturated heterocycles. The minimum absolute atomic E-state index is 0.0352. The van der Waals surface area contributed by atoms with Gasteiger partial charge in [-0.2, -0.15) is 0 Å². The zero-order valence-corrected chi connectivity index (χ0v) is 10.9. The first-order valence-corrected chi connectivity index (χ1v) is 7.32. The lowest BCUT2D eigenvalue weighted by Gasteiger charge is -2.07. The van der Waals surface area contributed by atoms with Gasteiger partial charge in [-0.1, -0.05) is 24.2 Å². The van der Waals surface area contributed by atoms with E-state index >= 15 is 0 Å². The lowest BCUT2D eigenvalue weighted by Crippen LogP contribution is -2.15. The molecule has 1 fully saturated rings. The Labute approximate surface area is 103 Å². The molecule has 1 aromatic rings. The number of nitrogens with zero attached hydrogens (tertiary/aromatic N) is 2. The molecule has 1 saturated carbocycles. The molecule has 0 atom stereocenters. The molecule has 16 heavy (non-hydrogen) atoms. The van der Waals surface area contributed by atoms with E-state index in [0.717, 1.165) is 5.01 Å². The lowest BCUT2D eigenvalue weighted by molar-refractivity contribution is -0.113. The topological polar surface area (TPSA) is 54.9 Å². The number of aryl methyl sites for hydroxylation is 1. The lowest BCUT2D eigenvalue weighted by atomic mass is 10.4. The van der Waals surface area contributed by atoms with Crippen molar-refractivity contribution >= 4 is 34.1 Å². The maximum Gasteiger partial charge on any atom is 0.236 e. The Morgan fingerprint density at radius 1 is 1.50 bits per heavy atom. The van der Waals surface area contributed by atoms with Gasteiger partial charge in [0.2, 0.25) is 11.0 Å². The number of nitrogens with one attached hydrogen (secondary N) is 1. The van der Waals surface area contributed by atoms with E-state index in [4.69, 9.17) is 0 Å². The molecule has 6 heteroatoms. The molecule has 1 aliphatic rings. The summed E-state index contributed by atoms with van der Waals surface area (Å²) >= 11 is 3.17. The van der Waals surface area contributed by atoms with Gasteiger partial charge >= 0.3 is 0 Å². The van der Waals surface area contributed by atoms with E-state index in [2.05, 4.69) is 15.5 Å². The molecule has 1 aliphatic carbocycles. The summed E-state index contributed by atoms with van der Waals surface area (Å²) in [5.41, 5.74) is 0. The van der Waals surface area contributed by atoms with Crippen LogP contribution in [0.1, 0.15) is 30.7 Å². The average Bonchev–Trinajstić information content (AvgIpc) is 2.87. The number of thioether (sulfide) groups is 1. The van der Waals surface area contributed by atoms with Crippen LogP contribution in [-0.2, 0) is 4.79 Å². The van der Waals surface area contributed by atoms with Crippen LogP contribution in [-0.4, -0.2) is 27.1 Å². The molecule has 0 aliphatic heterocycles. The van der Waals surface area contributed by atoms with Crippen molar-refractivity contribution < 1.29 is 4.79 Å². The summed E-state index contributed by atoms with van der Waals surface area (Å²) in [6, 6.07) is 0. The Kier molecular flexibility index (Phi) is 4.17. The summed E-state index contributed by atoms with van der Waals surface area (Å²) < 4.78 is 0. The van der Waals surface area contributed by atoms with Gasteiger partial charge in [-0.3, -0.25) is 10.1 Å². The summed E-state index contributed by atoms with van der Waals surface area (Å²) in [5, 5.41) is 12.7. The molecule has 0 spiro atoms. The normalized spacial score (nSPS) is 16.6. The first-order chi connectivity index (χ1) is 7.74. The van der Waals surface area contributed by atoms with Crippen LogP contribution in [0.3, 0.4) is 0 Å². The number of aromatic nitrogens is 2. The number of rotatable bonds is 4. The number of hydrogen-bond acceptors (Lipinski definition) is 5. The second-order valence-corrected chi connectivity index (χ2v) is 6.36. The van der Waals surface area contributed by atoms with E-state index in [-0.39, 0.29) is 5.91 Å². The Hall–Kier alpha value is -0.620. The van der Waals surface area contributed by atoms with Crippen molar-refractivity contribution in [3.05, 3.63) is 5.01 Å². The molecule has 0 bridgehead atoms. The second kappa shape index (κ2) is 5.63. The van der Waals surface area contributed by atoms with Crippen LogP contribution < -0.4 is 5.32 Å². The number of amides is 1. The molecule has 88 valence electrons. The summed E-state index contributed by atoms with van der Waals surface area (Å²) in [4.78, 5) is 11.6. The molecule has 1 amide bonds. The second-order valence-electron chi connectivity index (χ2n) is 3.89. The van der Waals surface area contributed by atoms with E-state index in [1.807, 2.05) is 6.92 Å². The average molecular weight is 257 g/mol. The van der Waals surface area contributed by atoms with Gasteiger partial charge in [0.25, 0.3) is 0 Å². The maximum atomic E-state index is 11.6. The van der Waals surface area contributed by atoms with Gasteiger partial charge < -0.3 is 0 Å². The predicted octanol–water partition coefficient (Wildman–Crippen LogP) is 2.46. The number of carbonyl (C=O) groups is 1. The zero-order valence-electron chi connectivity index (χ0n) is 9.23. The third kappa shape index (κ3) is 3.45. The van der Waals surface area contributed by atoms with Crippen molar-refractivity contribution in [2.75, 3.05) is 11.1 Å². The van der Waals surface area contributed by atoms with Gasteiger partial charge in [0.15, 0.2) is 0 Å². The van der Waals surface area contributed by atoms with Crippen molar-refractivity contribution in [3.63, 3.8) is 0 Å². The quantitative estimate of drug-likeness (QED) is 0.900. The number of hydrogen-bond donors (Lipinski definition) is 1. The zero-order chi connectivity index (χ0) is 11.4. The smallest absolute Gasteiger partial charge is 0.236 e. The van der Waals surface area contributed by atoms with Crippen molar-refractivity contribution in [2.45, 2.75) is 37.9 Å². The molecule has 1 aromatic heterocycles. The van der Waals surface area contributed by atoms with E-state index in [1.165, 1.54) is 37.0 Å². The minimum atomic E-state index is 0.0352. The van der Waals surface area contributed by atoms with Gasteiger partial charge in [0, 0.05) is 5.25 Å². The molecule has 0 unspecified atom stereocenters. The fraction of sp³-hybridized carbons (Fsp3) is 0.700. The molecule has 4 nitrogen and oxygen atoms in total. The van der Waals surface area contributed by atoms with E-state index in [0.29, 0.717) is 16.1 Å². The third-order valence-electron chi connectivity index (χ3n) is 2.52. The largest absolute Gasteiger partial charge is 0.300 e. The highest BCUT2D eigenvalue weighted by Crippen LogP contribution is 2.29. The summed E-state index contributed by atoms with van der Waals surface area (Å²) in [6.07, 6.45) is 5.15. The first kappa shape index (κ1) is 11.9. The van der Waals surface area contributed by atoms with Gasteiger partial charge in [-0.05, 0) is 19.8 Å². The van der Waals surface area contributed by atoms with Gasteiger partial charge in [-0.15, -0.1) is 22.0 Å². The summed E-state index contributed by atoms with van der Waals surface area (Å²) in [7, 11) is 0. The van der Waals surface area contributed by atoms with E-state index in [9.17, 15) is 4.79 Å². The van der Waals surface area contributed by atoms with Crippen LogP contribution >= 0.6 is 23.1 Å². The van der Waals surface area contributed by atoms with Crippen molar-refractivity contribution in [2.24, 2.45) is 0 Å². The maximum absolute atomic E-state index is 11.6. The molecule has 1 N–H and O–H groups in total. The van der Waals surface area contributed by atoms with Gasteiger partial charge in [0.1, 0.15) is 5.01 Å². The van der Waals surface area contributed by atoms with Crippen molar-refractivity contribution in [3.8, 4) is 0 Å². The predicted molar refractivity (Wildman–Crippen MR) is 68.0 cm³/mol. The fourth-order valence-corrected chi connectivity index (χ4v) is 3.48. The monoisotopic (exact) mass is 257 g/mol.